The molecule has 0 atom stereocenters. The van der Waals surface area contributed by atoms with E-state index in [9.17, 15) is 0 Å². The lowest BCUT2D eigenvalue weighted by Gasteiger charge is -2.34. The van der Waals surface area contributed by atoms with E-state index in [1.54, 1.807) is 11.3 Å². The van der Waals surface area contributed by atoms with E-state index in [2.05, 4.69) is 34.8 Å². The molecule has 0 bridgehead atoms. The molecule has 0 radical (unpaired) electrons. The van der Waals surface area contributed by atoms with Crippen LogP contribution in [0, 0.1) is 12.3 Å². The summed E-state index contributed by atoms with van der Waals surface area (Å²) in [6, 6.07) is 0. The maximum atomic E-state index is 4.48. The van der Waals surface area contributed by atoms with E-state index in [-0.39, 0.29) is 0 Å². The number of aryl methyl sites for hydroxylation is 1. The van der Waals surface area contributed by atoms with E-state index in [0.29, 0.717) is 5.41 Å². The lowest BCUT2D eigenvalue weighted by Crippen LogP contribution is -2.41. The maximum Gasteiger partial charge on any atom is 0.0897 e. The molecule has 1 fully saturated rings. The molecule has 1 aromatic rings. The second-order valence-electron chi connectivity index (χ2n) is 5.35. The van der Waals surface area contributed by atoms with Crippen molar-refractivity contribution in [2.75, 3.05) is 26.2 Å². The van der Waals surface area contributed by atoms with Gasteiger partial charge in [-0.25, -0.2) is 4.98 Å². The summed E-state index contributed by atoms with van der Waals surface area (Å²) >= 11 is 1.74. The summed E-state index contributed by atoms with van der Waals surface area (Å²) in [4.78, 5) is 4.48. The van der Waals surface area contributed by atoms with Gasteiger partial charge in [0.05, 0.1) is 10.7 Å². The largest absolute Gasteiger partial charge is 0.317 e. The van der Waals surface area contributed by atoms with E-state index < -0.39 is 0 Å². The minimum atomic E-state index is 0.489. The first-order valence-corrected chi connectivity index (χ1v) is 7.38. The Kier molecular flexibility index (Phi) is 4.54. The minimum Gasteiger partial charge on any atom is -0.317 e. The molecule has 0 unspecified atom stereocenters. The van der Waals surface area contributed by atoms with Gasteiger partial charge >= 0.3 is 0 Å². The van der Waals surface area contributed by atoms with Crippen LogP contribution in [0.15, 0.2) is 5.38 Å². The standard InChI is InChI=1S/C13H23N3S/c1-11-16-12(9-17-11)3-6-15-10-13(2)4-7-14-8-5-13/h9,14-15H,3-8,10H2,1-2H3. The van der Waals surface area contributed by atoms with Crippen LogP contribution in [0.5, 0.6) is 0 Å². The summed E-state index contributed by atoms with van der Waals surface area (Å²) < 4.78 is 0. The predicted octanol–water partition coefficient (Wildman–Crippen LogP) is 1.97. The highest BCUT2D eigenvalue weighted by Crippen LogP contribution is 2.26. The Balaban J connectivity index is 1.65. The summed E-state index contributed by atoms with van der Waals surface area (Å²) in [5, 5.41) is 10.4. The molecule has 0 amide bonds. The van der Waals surface area contributed by atoms with Crippen molar-refractivity contribution < 1.29 is 0 Å². The normalized spacial score (nSPS) is 19.4. The molecule has 0 aliphatic carbocycles. The molecule has 96 valence electrons. The Morgan fingerprint density at radius 3 is 2.88 bits per heavy atom. The van der Waals surface area contributed by atoms with Crippen LogP contribution in [0.4, 0.5) is 0 Å². The van der Waals surface area contributed by atoms with E-state index in [0.717, 1.165) is 19.5 Å². The second-order valence-corrected chi connectivity index (χ2v) is 6.41. The predicted molar refractivity (Wildman–Crippen MR) is 73.6 cm³/mol. The van der Waals surface area contributed by atoms with Crippen LogP contribution in [0.1, 0.15) is 30.5 Å². The van der Waals surface area contributed by atoms with Crippen LogP contribution in [0.2, 0.25) is 0 Å². The summed E-state index contributed by atoms with van der Waals surface area (Å²) in [7, 11) is 0. The third-order valence-electron chi connectivity index (χ3n) is 3.59. The molecule has 2 rings (SSSR count). The van der Waals surface area contributed by atoms with E-state index in [4.69, 9.17) is 0 Å². The third kappa shape index (κ3) is 4.05. The van der Waals surface area contributed by atoms with Gasteiger partial charge < -0.3 is 10.6 Å². The number of nitrogens with zero attached hydrogens (tertiary/aromatic N) is 1. The maximum absolute atomic E-state index is 4.48. The Hall–Kier alpha value is -0.450. The average molecular weight is 253 g/mol. The van der Waals surface area contributed by atoms with Gasteiger partial charge in [-0.2, -0.15) is 0 Å². The van der Waals surface area contributed by atoms with Crippen LogP contribution >= 0.6 is 11.3 Å². The van der Waals surface area contributed by atoms with Crippen molar-refractivity contribution in [2.24, 2.45) is 5.41 Å². The molecule has 0 spiro atoms. The zero-order valence-electron chi connectivity index (χ0n) is 10.9. The lowest BCUT2D eigenvalue weighted by molar-refractivity contribution is 0.221. The molecule has 1 aliphatic rings. The molecule has 1 saturated heterocycles. The number of aromatic nitrogens is 1. The fraction of sp³-hybridized carbons (Fsp3) is 0.769. The number of rotatable bonds is 5. The first-order chi connectivity index (χ1) is 8.18. The fourth-order valence-electron chi connectivity index (χ4n) is 2.34. The van der Waals surface area contributed by atoms with Crippen molar-refractivity contribution in [3.63, 3.8) is 0 Å². The Bertz CT molecular complexity index is 342. The zero-order valence-corrected chi connectivity index (χ0v) is 11.7. The van der Waals surface area contributed by atoms with Gasteiger partial charge in [0.25, 0.3) is 0 Å². The van der Waals surface area contributed by atoms with E-state index in [1.165, 1.54) is 36.6 Å². The van der Waals surface area contributed by atoms with Crippen molar-refractivity contribution in [1.29, 1.82) is 0 Å². The zero-order chi connectivity index (χ0) is 12.1. The molecular formula is C13H23N3S. The SMILES string of the molecule is Cc1nc(CCNCC2(C)CCNCC2)cs1. The summed E-state index contributed by atoms with van der Waals surface area (Å²) in [6.07, 6.45) is 3.63. The van der Waals surface area contributed by atoms with Gasteiger partial charge in [0, 0.05) is 24.9 Å². The highest BCUT2D eigenvalue weighted by Gasteiger charge is 2.25. The second kappa shape index (κ2) is 5.94. The van der Waals surface area contributed by atoms with Crippen LogP contribution in [-0.2, 0) is 6.42 Å². The van der Waals surface area contributed by atoms with Crippen molar-refractivity contribution >= 4 is 11.3 Å². The lowest BCUT2D eigenvalue weighted by atomic mass is 9.81. The highest BCUT2D eigenvalue weighted by molar-refractivity contribution is 7.09. The minimum absolute atomic E-state index is 0.489. The van der Waals surface area contributed by atoms with Crippen molar-refractivity contribution in [3.05, 3.63) is 16.1 Å². The summed E-state index contributed by atoms with van der Waals surface area (Å²) in [6.45, 7) is 8.99. The van der Waals surface area contributed by atoms with Crippen LogP contribution in [0.3, 0.4) is 0 Å². The van der Waals surface area contributed by atoms with Crippen molar-refractivity contribution in [2.45, 2.75) is 33.1 Å². The first-order valence-electron chi connectivity index (χ1n) is 6.50. The Morgan fingerprint density at radius 1 is 1.47 bits per heavy atom. The van der Waals surface area contributed by atoms with Crippen molar-refractivity contribution in [3.8, 4) is 0 Å². The molecule has 3 nitrogen and oxygen atoms in total. The van der Waals surface area contributed by atoms with Gasteiger partial charge in [0.2, 0.25) is 0 Å². The van der Waals surface area contributed by atoms with Crippen molar-refractivity contribution in [1.82, 2.24) is 15.6 Å². The quantitative estimate of drug-likeness (QED) is 0.788. The van der Waals surface area contributed by atoms with E-state index in [1.807, 2.05) is 0 Å². The number of nitrogens with one attached hydrogen (secondary N) is 2. The van der Waals surface area contributed by atoms with Gasteiger partial charge in [0.1, 0.15) is 0 Å². The number of thiazole rings is 1. The van der Waals surface area contributed by atoms with E-state index >= 15 is 0 Å². The smallest absolute Gasteiger partial charge is 0.0897 e. The van der Waals surface area contributed by atoms with Crippen LogP contribution in [0.25, 0.3) is 0 Å². The molecule has 0 aromatic carbocycles. The van der Waals surface area contributed by atoms with Crippen LogP contribution in [-0.4, -0.2) is 31.2 Å². The number of piperidine rings is 1. The molecule has 0 saturated carbocycles. The third-order valence-corrected chi connectivity index (χ3v) is 4.41. The molecule has 2 heterocycles. The first kappa shape index (κ1) is 13.0. The topological polar surface area (TPSA) is 37.0 Å². The number of hydrogen-bond acceptors (Lipinski definition) is 4. The van der Waals surface area contributed by atoms with Gasteiger partial charge in [-0.05, 0) is 38.3 Å². The fourth-order valence-corrected chi connectivity index (χ4v) is 2.98. The molecular weight excluding hydrogens is 230 g/mol. The Morgan fingerprint density at radius 2 is 2.24 bits per heavy atom. The highest BCUT2D eigenvalue weighted by atomic mass is 32.1. The summed E-state index contributed by atoms with van der Waals surface area (Å²) in [5.41, 5.74) is 1.72. The van der Waals surface area contributed by atoms with Crippen LogP contribution < -0.4 is 10.6 Å². The Labute approximate surface area is 108 Å². The monoisotopic (exact) mass is 253 g/mol. The average Bonchev–Trinajstić information content (AvgIpc) is 2.72. The molecule has 2 N–H and O–H groups in total. The van der Waals surface area contributed by atoms with Gasteiger partial charge in [-0.1, -0.05) is 6.92 Å². The molecule has 17 heavy (non-hydrogen) atoms. The number of hydrogen-bond donors (Lipinski definition) is 2. The molecule has 4 heteroatoms. The van der Waals surface area contributed by atoms with Gasteiger partial charge in [-0.3, -0.25) is 0 Å². The van der Waals surface area contributed by atoms with Gasteiger partial charge in [-0.15, -0.1) is 11.3 Å². The van der Waals surface area contributed by atoms with Gasteiger partial charge in [0.15, 0.2) is 0 Å². The molecule has 1 aliphatic heterocycles. The summed E-state index contributed by atoms with van der Waals surface area (Å²) in [5.74, 6) is 0. The molecule has 1 aromatic heterocycles.